The van der Waals surface area contributed by atoms with Gasteiger partial charge in [0.25, 0.3) is 10.0 Å². The summed E-state index contributed by atoms with van der Waals surface area (Å²) in [5, 5.41) is 3.32. The molecule has 1 amide bonds. The molecule has 0 saturated heterocycles. The fourth-order valence-corrected chi connectivity index (χ4v) is 4.83. The molecule has 4 N–H and O–H groups in total. The number of nitrogens with two attached hydrogens (primary N) is 1. The summed E-state index contributed by atoms with van der Waals surface area (Å²) in [5.41, 5.74) is 8.33. The zero-order chi connectivity index (χ0) is 28.3. The lowest BCUT2D eigenvalue weighted by Crippen LogP contribution is -2.26. The molecule has 2 aromatic carbocycles. The molecule has 39 heavy (non-hydrogen) atoms. The fraction of sp³-hybridized carbons (Fsp3) is 0.192. The second-order valence-corrected chi connectivity index (χ2v) is 10.4. The Bertz CT molecular complexity index is 1660. The first kappa shape index (κ1) is 27.5. The summed E-state index contributed by atoms with van der Waals surface area (Å²) >= 11 is 0. The van der Waals surface area contributed by atoms with Crippen LogP contribution in [0, 0.1) is 11.6 Å². The molecule has 0 aliphatic heterocycles. The maximum Gasteiger partial charge on any atom is 0.407 e. The molecule has 0 atom stereocenters. The van der Waals surface area contributed by atoms with Crippen molar-refractivity contribution >= 4 is 38.5 Å². The molecule has 204 valence electrons. The quantitative estimate of drug-likeness (QED) is 0.285. The molecule has 2 heterocycles. The average molecular weight is 558 g/mol. The van der Waals surface area contributed by atoms with Crippen LogP contribution >= 0.6 is 0 Å². The van der Waals surface area contributed by atoms with Crippen LogP contribution in [0.15, 0.2) is 59.6 Å². The topological polar surface area (TPSA) is 146 Å². The number of rotatable bonds is 8. The van der Waals surface area contributed by atoms with Crippen molar-refractivity contribution < 1.29 is 31.5 Å². The Morgan fingerprint density at radius 1 is 1.08 bits per heavy atom. The number of nitrogens with one attached hydrogen (secondary N) is 2. The standard InChI is InChI=1S/C26H25F2N5O5S/c1-14(2)38-26(34)31-13-18-9-16-8-15(4-6-21(16)32-24(18)29)17-10-22(25(37-3)30-12-17)33-39(35,36)23-7-5-19(27)11-20(23)28/h4-12,14,33H,13H2,1-3H3,(H2,29,32)(H,31,34). The summed E-state index contributed by atoms with van der Waals surface area (Å²) in [6.07, 6.45) is 0.616. The summed E-state index contributed by atoms with van der Waals surface area (Å²) < 4.78 is 65.7. The second-order valence-electron chi connectivity index (χ2n) is 8.71. The maximum atomic E-state index is 14.2. The third kappa shape index (κ3) is 6.32. The Morgan fingerprint density at radius 3 is 2.54 bits per heavy atom. The molecule has 0 fully saturated rings. The highest BCUT2D eigenvalue weighted by Crippen LogP contribution is 2.32. The van der Waals surface area contributed by atoms with Crippen molar-refractivity contribution in [2.45, 2.75) is 31.4 Å². The SMILES string of the molecule is COc1ncc(-c2ccc3nc(N)c(CNC(=O)OC(C)C)cc3c2)cc1NS(=O)(=O)c1ccc(F)cc1F. The van der Waals surface area contributed by atoms with E-state index in [9.17, 15) is 22.0 Å². The zero-order valence-electron chi connectivity index (χ0n) is 21.2. The van der Waals surface area contributed by atoms with Crippen LogP contribution in [0.1, 0.15) is 19.4 Å². The van der Waals surface area contributed by atoms with Crippen LogP contribution in [0.2, 0.25) is 0 Å². The van der Waals surface area contributed by atoms with Crippen molar-refractivity contribution in [3.63, 3.8) is 0 Å². The Hall–Kier alpha value is -4.52. The van der Waals surface area contributed by atoms with Gasteiger partial charge in [-0.1, -0.05) is 6.07 Å². The Morgan fingerprint density at radius 2 is 1.85 bits per heavy atom. The molecular weight excluding hydrogens is 532 g/mol. The number of sulfonamides is 1. The molecule has 0 bridgehead atoms. The van der Waals surface area contributed by atoms with Gasteiger partial charge in [-0.2, -0.15) is 0 Å². The van der Waals surface area contributed by atoms with E-state index in [0.717, 1.165) is 12.1 Å². The Kier molecular flexibility index (Phi) is 7.81. The van der Waals surface area contributed by atoms with Gasteiger partial charge in [0.2, 0.25) is 5.88 Å². The Balaban J connectivity index is 1.66. The number of nitrogens with zero attached hydrogens (tertiary/aromatic N) is 2. The smallest absolute Gasteiger partial charge is 0.407 e. The highest BCUT2D eigenvalue weighted by molar-refractivity contribution is 7.92. The van der Waals surface area contributed by atoms with Crippen LogP contribution in [0.25, 0.3) is 22.0 Å². The number of benzene rings is 2. The number of nitrogen functional groups attached to an aromatic ring is 1. The second kappa shape index (κ2) is 11.1. The first-order valence-electron chi connectivity index (χ1n) is 11.6. The van der Waals surface area contributed by atoms with E-state index in [1.165, 1.54) is 19.4 Å². The first-order valence-corrected chi connectivity index (χ1v) is 13.1. The van der Waals surface area contributed by atoms with Gasteiger partial charge in [-0.3, -0.25) is 4.72 Å². The minimum absolute atomic E-state index is 0.0530. The van der Waals surface area contributed by atoms with Gasteiger partial charge in [0.1, 0.15) is 28.0 Å². The third-order valence-electron chi connectivity index (χ3n) is 5.50. The number of fused-ring (bicyclic) bond motifs is 1. The molecule has 0 aliphatic rings. The minimum Gasteiger partial charge on any atom is -0.480 e. The summed E-state index contributed by atoms with van der Waals surface area (Å²) in [6, 6.07) is 10.7. The van der Waals surface area contributed by atoms with E-state index < -0.39 is 32.6 Å². The van der Waals surface area contributed by atoms with Crippen LogP contribution in [-0.2, 0) is 21.3 Å². The van der Waals surface area contributed by atoms with E-state index in [4.69, 9.17) is 15.2 Å². The van der Waals surface area contributed by atoms with Crippen LogP contribution in [0.4, 0.5) is 25.1 Å². The normalized spacial score (nSPS) is 11.4. The number of alkyl carbamates (subject to hydrolysis) is 1. The molecule has 0 aliphatic carbocycles. The average Bonchev–Trinajstić information content (AvgIpc) is 2.86. The summed E-state index contributed by atoms with van der Waals surface area (Å²) in [6.45, 7) is 3.57. The molecule has 10 nitrogen and oxygen atoms in total. The van der Waals surface area contributed by atoms with Gasteiger partial charge >= 0.3 is 6.09 Å². The largest absolute Gasteiger partial charge is 0.480 e. The summed E-state index contributed by atoms with van der Waals surface area (Å²) in [4.78, 5) is 19.7. The number of amides is 1. The molecule has 0 saturated carbocycles. The predicted molar refractivity (Wildman–Crippen MR) is 142 cm³/mol. The van der Waals surface area contributed by atoms with Crippen molar-refractivity contribution in [2.24, 2.45) is 0 Å². The van der Waals surface area contributed by atoms with Crippen LogP contribution in [0.3, 0.4) is 0 Å². The lowest BCUT2D eigenvalue weighted by molar-refractivity contribution is 0.115. The molecule has 0 unspecified atom stereocenters. The van der Waals surface area contributed by atoms with Gasteiger partial charge < -0.3 is 20.5 Å². The number of hydrogen-bond acceptors (Lipinski definition) is 8. The van der Waals surface area contributed by atoms with Gasteiger partial charge in [-0.15, -0.1) is 0 Å². The lowest BCUT2D eigenvalue weighted by atomic mass is 10.0. The molecule has 0 radical (unpaired) electrons. The highest BCUT2D eigenvalue weighted by atomic mass is 32.2. The van der Waals surface area contributed by atoms with Gasteiger partial charge in [-0.25, -0.2) is 32.0 Å². The molecule has 4 rings (SSSR count). The van der Waals surface area contributed by atoms with E-state index >= 15 is 0 Å². The fourth-order valence-electron chi connectivity index (χ4n) is 3.72. The number of pyridine rings is 2. The van der Waals surface area contributed by atoms with Crippen LogP contribution in [0.5, 0.6) is 5.88 Å². The number of halogens is 2. The van der Waals surface area contributed by atoms with Crippen molar-refractivity contribution in [3.8, 4) is 17.0 Å². The predicted octanol–water partition coefficient (Wildman–Crippen LogP) is 4.60. The number of carbonyl (C=O) groups is 1. The molecule has 0 spiro atoms. The van der Waals surface area contributed by atoms with Crippen molar-refractivity contribution in [2.75, 3.05) is 17.6 Å². The van der Waals surface area contributed by atoms with Crippen LogP contribution in [-0.4, -0.2) is 37.7 Å². The number of carbonyl (C=O) groups excluding carboxylic acids is 1. The number of methoxy groups -OCH3 is 1. The number of aromatic nitrogens is 2. The zero-order valence-corrected chi connectivity index (χ0v) is 22.0. The summed E-state index contributed by atoms with van der Waals surface area (Å²) in [5.74, 6) is -1.96. The number of ether oxygens (including phenoxy) is 2. The van der Waals surface area contributed by atoms with E-state index in [1.54, 1.807) is 38.1 Å². The lowest BCUT2D eigenvalue weighted by Gasteiger charge is -2.14. The Labute approximate surface area is 223 Å². The number of anilines is 2. The van der Waals surface area contributed by atoms with Gasteiger partial charge in [0.05, 0.1) is 18.7 Å². The first-order chi connectivity index (χ1) is 18.5. The van der Waals surface area contributed by atoms with Crippen molar-refractivity contribution in [1.29, 1.82) is 0 Å². The maximum absolute atomic E-state index is 14.2. The molecule has 13 heteroatoms. The van der Waals surface area contributed by atoms with E-state index in [-0.39, 0.29) is 30.0 Å². The number of hydrogen-bond donors (Lipinski definition) is 3. The van der Waals surface area contributed by atoms with Gasteiger partial charge in [-0.05, 0) is 55.8 Å². The highest BCUT2D eigenvalue weighted by Gasteiger charge is 2.22. The van der Waals surface area contributed by atoms with Crippen molar-refractivity contribution in [3.05, 3.63) is 71.9 Å². The minimum atomic E-state index is -4.44. The monoisotopic (exact) mass is 557 g/mol. The third-order valence-corrected chi connectivity index (χ3v) is 6.90. The van der Waals surface area contributed by atoms with E-state index in [1.807, 2.05) is 0 Å². The van der Waals surface area contributed by atoms with Crippen LogP contribution < -0.4 is 20.5 Å². The van der Waals surface area contributed by atoms with Crippen molar-refractivity contribution in [1.82, 2.24) is 15.3 Å². The van der Waals surface area contributed by atoms with E-state index in [2.05, 4.69) is 20.0 Å². The van der Waals surface area contributed by atoms with Gasteiger partial charge in [0.15, 0.2) is 0 Å². The molecule has 4 aromatic rings. The van der Waals surface area contributed by atoms with E-state index in [0.29, 0.717) is 33.7 Å². The summed E-state index contributed by atoms with van der Waals surface area (Å²) in [7, 11) is -3.14. The van der Waals surface area contributed by atoms with Gasteiger partial charge in [0, 0.05) is 35.3 Å². The molecular formula is C26H25F2N5O5S. The molecule has 2 aromatic heterocycles.